The number of nitrogens with zero attached hydrogens (tertiary/aromatic N) is 2. The lowest BCUT2D eigenvalue weighted by atomic mass is 10.0. The SMILES string of the molecule is COC(=O)N1CCCN(C(=O)[C@@H](NS(=O)(=O)c2ccccc2F)C(C)C)CC1. The fourth-order valence-electron chi connectivity index (χ4n) is 3.01. The molecule has 1 N–H and O–H groups in total. The Labute approximate surface area is 164 Å². The molecule has 8 nitrogen and oxygen atoms in total. The van der Waals surface area contributed by atoms with Crippen molar-refractivity contribution in [1.29, 1.82) is 0 Å². The van der Waals surface area contributed by atoms with Gasteiger partial charge in [0.2, 0.25) is 15.9 Å². The molecule has 1 aromatic carbocycles. The first-order valence-corrected chi connectivity index (χ1v) is 10.5. The summed E-state index contributed by atoms with van der Waals surface area (Å²) in [6.45, 7) is 4.82. The van der Waals surface area contributed by atoms with Crippen molar-refractivity contribution >= 4 is 22.0 Å². The second-order valence-corrected chi connectivity index (χ2v) is 8.59. The quantitative estimate of drug-likeness (QED) is 0.785. The largest absolute Gasteiger partial charge is 0.453 e. The molecule has 2 amide bonds. The van der Waals surface area contributed by atoms with Crippen LogP contribution in [0.4, 0.5) is 9.18 Å². The highest BCUT2D eigenvalue weighted by Gasteiger charge is 2.33. The van der Waals surface area contributed by atoms with Gasteiger partial charge in [0.05, 0.1) is 7.11 Å². The van der Waals surface area contributed by atoms with Gasteiger partial charge in [-0.2, -0.15) is 4.72 Å². The van der Waals surface area contributed by atoms with Crippen LogP contribution in [0.3, 0.4) is 0 Å². The van der Waals surface area contributed by atoms with E-state index in [1.165, 1.54) is 29.0 Å². The number of sulfonamides is 1. The van der Waals surface area contributed by atoms with Crippen LogP contribution < -0.4 is 4.72 Å². The normalized spacial score (nSPS) is 16.6. The molecule has 156 valence electrons. The van der Waals surface area contributed by atoms with Crippen molar-refractivity contribution < 1.29 is 27.1 Å². The number of halogens is 1. The monoisotopic (exact) mass is 415 g/mol. The number of benzene rings is 1. The zero-order chi connectivity index (χ0) is 20.9. The second-order valence-electron chi connectivity index (χ2n) is 6.91. The predicted octanol–water partition coefficient (Wildman–Crippen LogP) is 1.43. The number of carbonyl (C=O) groups is 2. The van der Waals surface area contributed by atoms with E-state index in [4.69, 9.17) is 4.74 Å². The average Bonchev–Trinajstić information content (AvgIpc) is 2.91. The molecule has 0 unspecified atom stereocenters. The number of rotatable bonds is 5. The lowest BCUT2D eigenvalue weighted by Crippen LogP contribution is -2.52. The van der Waals surface area contributed by atoms with Crippen LogP contribution in [0.5, 0.6) is 0 Å². The third-order valence-corrected chi connectivity index (χ3v) is 6.06. The molecule has 2 rings (SSSR count). The topological polar surface area (TPSA) is 96.0 Å². The summed E-state index contributed by atoms with van der Waals surface area (Å²) in [6, 6.07) is 3.97. The maximum Gasteiger partial charge on any atom is 0.409 e. The number of ether oxygens (including phenoxy) is 1. The Bertz CT molecular complexity index is 815. The third kappa shape index (κ3) is 5.20. The van der Waals surface area contributed by atoms with Gasteiger partial charge in [-0.05, 0) is 24.5 Å². The molecule has 1 aliphatic heterocycles. The maximum absolute atomic E-state index is 13.9. The van der Waals surface area contributed by atoms with E-state index in [0.29, 0.717) is 26.1 Å². The Balaban J connectivity index is 2.16. The standard InChI is InChI=1S/C18H26FN3O5S/c1-13(2)16(20-28(25,26)15-8-5-4-7-14(15)19)17(23)21-9-6-10-22(12-11-21)18(24)27-3/h4-5,7-8,13,16,20H,6,9-12H2,1-3H3/t16-/m0/s1. The number of hydrogen-bond acceptors (Lipinski definition) is 5. The van der Waals surface area contributed by atoms with Gasteiger partial charge in [0.25, 0.3) is 0 Å². The summed E-state index contributed by atoms with van der Waals surface area (Å²) in [5.41, 5.74) is 0. The van der Waals surface area contributed by atoms with Crippen LogP contribution in [-0.4, -0.2) is 69.5 Å². The molecule has 10 heteroatoms. The number of carbonyl (C=O) groups excluding carboxylic acids is 2. The highest BCUT2D eigenvalue weighted by Crippen LogP contribution is 2.17. The van der Waals surface area contributed by atoms with Crippen molar-refractivity contribution in [3.63, 3.8) is 0 Å². The van der Waals surface area contributed by atoms with Gasteiger partial charge in [-0.3, -0.25) is 4.79 Å². The molecule has 0 spiro atoms. The Morgan fingerprint density at radius 3 is 2.32 bits per heavy atom. The fourth-order valence-corrected chi connectivity index (χ4v) is 4.43. The molecule has 0 radical (unpaired) electrons. The Hall–Kier alpha value is -2.20. The van der Waals surface area contributed by atoms with Crippen LogP contribution in [0, 0.1) is 11.7 Å². The first kappa shape index (κ1) is 22.1. The molecule has 1 aliphatic rings. The average molecular weight is 415 g/mol. The van der Waals surface area contributed by atoms with Crippen LogP contribution in [0.1, 0.15) is 20.3 Å². The van der Waals surface area contributed by atoms with E-state index in [-0.39, 0.29) is 12.5 Å². The van der Waals surface area contributed by atoms with Crippen molar-refractivity contribution in [3.8, 4) is 0 Å². The van der Waals surface area contributed by atoms with Gasteiger partial charge in [-0.15, -0.1) is 0 Å². The van der Waals surface area contributed by atoms with Crippen molar-refractivity contribution in [2.45, 2.75) is 31.2 Å². The minimum atomic E-state index is -4.21. The van der Waals surface area contributed by atoms with Gasteiger partial charge < -0.3 is 14.5 Å². The lowest BCUT2D eigenvalue weighted by Gasteiger charge is -2.29. The van der Waals surface area contributed by atoms with E-state index in [1.807, 2.05) is 0 Å². The van der Waals surface area contributed by atoms with E-state index in [9.17, 15) is 22.4 Å². The first-order valence-electron chi connectivity index (χ1n) is 9.06. The van der Waals surface area contributed by atoms with E-state index in [0.717, 1.165) is 12.1 Å². The number of methoxy groups -OCH3 is 1. The molecule has 0 saturated carbocycles. The molecule has 0 aromatic heterocycles. The molecule has 0 bridgehead atoms. The molecular weight excluding hydrogens is 389 g/mol. The molecule has 1 saturated heterocycles. The highest BCUT2D eigenvalue weighted by molar-refractivity contribution is 7.89. The number of hydrogen-bond donors (Lipinski definition) is 1. The molecule has 1 fully saturated rings. The third-order valence-electron chi connectivity index (χ3n) is 4.58. The van der Waals surface area contributed by atoms with Gasteiger partial charge in [-0.1, -0.05) is 26.0 Å². The zero-order valence-electron chi connectivity index (χ0n) is 16.2. The summed E-state index contributed by atoms with van der Waals surface area (Å²) in [4.78, 5) is 27.2. The summed E-state index contributed by atoms with van der Waals surface area (Å²) in [5, 5.41) is 0. The van der Waals surface area contributed by atoms with Crippen LogP contribution in [0.15, 0.2) is 29.2 Å². The minimum Gasteiger partial charge on any atom is -0.453 e. The first-order chi connectivity index (χ1) is 13.2. The van der Waals surface area contributed by atoms with E-state index >= 15 is 0 Å². The zero-order valence-corrected chi connectivity index (χ0v) is 17.0. The number of amides is 2. The number of nitrogens with one attached hydrogen (secondary N) is 1. The summed E-state index contributed by atoms with van der Waals surface area (Å²) < 4.78 is 46.2. The van der Waals surface area contributed by atoms with Gasteiger partial charge in [0.1, 0.15) is 16.8 Å². The van der Waals surface area contributed by atoms with Gasteiger partial charge >= 0.3 is 6.09 Å². The predicted molar refractivity (Wildman–Crippen MR) is 101 cm³/mol. The minimum absolute atomic E-state index is 0.262. The van der Waals surface area contributed by atoms with Crippen molar-refractivity contribution in [2.75, 3.05) is 33.3 Å². The highest BCUT2D eigenvalue weighted by atomic mass is 32.2. The summed E-state index contributed by atoms with van der Waals surface area (Å²) >= 11 is 0. The van der Waals surface area contributed by atoms with E-state index < -0.39 is 38.8 Å². The van der Waals surface area contributed by atoms with Gasteiger partial charge in [0.15, 0.2) is 0 Å². The molecule has 1 heterocycles. The van der Waals surface area contributed by atoms with Crippen molar-refractivity contribution in [3.05, 3.63) is 30.1 Å². The summed E-state index contributed by atoms with van der Waals surface area (Å²) in [6.07, 6.45) is 0.0843. The van der Waals surface area contributed by atoms with E-state index in [1.54, 1.807) is 13.8 Å². The van der Waals surface area contributed by atoms with Crippen LogP contribution in [-0.2, 0) is 19.6 Å². The molecule has 0 aliphatic carbocycles. The van der Waals surface area contributed by atoms with Crippen LogP contribution in [0.25, 0.3) is 0 Å². The lowest BCUT2D eigenvalue weighted by molar-refractivity contribution is -0.133. The summed E-state index contributed by atoms with van der Waals surface area (Å²) in [5.74, 6) is -1.64. The second kappa shape index (κ2) is 9.33. The van der Waals surface area contributed by atoms with Crippen molar-refractivity contribution in [2.24, 2.45) is 5.92 Å². The molecule has 28 heavy (non-hydrogen) atoms. The van der Waals surface area contributed by atoms with Gasteiger partial charge in [-0.25, -0.2) is 17.6 Å². The molecular formula is C18H26FN3O5S. The van der Waals surface area contributed by atoms with Crippen molar-refractivity contribution in [1.82, 2.24) is 14.5 Å². The van der Waals surface area contributed by atoms with E-state index in [2.05, 4.69) is 4.72 Å². The Kier molecular flexibility index (Phi) is 7.36. The van der Waals surface area contributed by atoms with Crippen LogP contribution >= 0.6 is 0 Å². The molecule has 1 aromatic rings. The Morgan fingerprint density at radius 1 is 1.11 bits per heavy atom. The smallest absolute Gasteiger partial charge is 0.409 e. The maximum atomic E-state index is 13.9. The molecule has 1 atom stereocenters. The van der Waals surface area contributed by atoms with Gasteiger partial charge in [0, 0.05) is 26.2 Å². The summed E-state index contributed by atoms with van der Waals surface area (Å²) in [7, 11) is -2.92. The Morgan fingerprint density at radius 2 is 1.71 bits per heavy atom. The fraction of sp³-hybridized carbons (Fsp3) is 0.556. The van der Waals surface area contributed by atoms with Crippen LogP contribution in [0.2, 0.25) is 0 Å².